The van der Waals surface area contributed by atoms with Crippen molar-refractivity contribution in [3.8, 4) is 22.0 Å². The Morgan fingerprint density at radius 3 is 2.46 bits per heavy atom. The molecule has 0 spiro atoms. The largest absolute Gasteiger partial charge is 0.462 e. The van der Waals surface area contributed by atoms with Crippen molar-refractivity contribution in [1.29, 1.82) is 0 Å². The number of carbonyl (C=O) groups is 2. The van der Waals surface area contributed by atoms with Gasteiger partial charge in [0, 0.05) is 18.2 Å². The number of furan rings is 1. The normalized spacial score (nSPS) is 11.3. The van der Waals surface area contributed by atoms with E-state index in [2.05, 4.69) is 10.3 Å². The van der Waals surface area contributed by atoms with Gasteiger partial charge in [-0.05, 0) is 32.9 Å². The molecule has 0 aliphatic carbocycles. The molecule has 28 heavy (non-hydrogen) atoms. The monoisotopic (exact) mass is 397 g/mol. The number of amides is 2. The van der Waals surface area contributed by atoms with Gasteiger partial charge in [0.1, 0.15) is 4.88 Å². The molecular weight excluding hydrogens is 374 g/mol. The molecule has 0 atom stereocenters. The SMILES string of the molecule is CN(CC(=O)NC(C)(C)C)C(=O)c1sc(-c2ccco2)nc1-c1ccccc1. The summed E-state index contributed by atoms with van der Waals surface area (Å²) in [6.45, 7) is 5.68. The first kappa shape index (κ1) is 19.8. The van der Waals surface area contributed by atoms with Crippen molar-refractivity contribution in [1.82, 2.24) is 15.2 Å². The lowest BCUT2D eigenvalue weighted by atomic mass is 10.1. The van der Waals surface area contributed by atoms with Gasteiger partial charge in [0.2, 0.25) is 5.91 Å². The summed E-state index contributed by atoms with van der Waals surface area (Å²) in [5, 5.41) is 3.49. The minimum atomic E-state index is -0.354. The first-order valence-corrected chi connectivity index (χ1v) is 9.73. The average Bonchev–Trinajstić information content (AvgIpc) is 3.29. The molecule has 0 saturated heterocycles. The molecule has 3 rings (SSSR count). The van der Waals surface area contributed by atoms with Crippen LogP contribution in [0.4, 0.5) is 0 Å². The van der Waals surface area contributed by atoms with Crippen LogP contribution in [0.5, 0.6) is 0 Å². The lowest BCUT2D eigenvalue weighted by molar-refractivity contribution is -0.122. The van der Waals surface area contributed by atoms with Gasteiger partial charge in [0.05, 0.1) is 18.5 Å². The molecule has 3 aromatic rings. The van der Waals surface area contributed by atoms with E-state index in [1.807, 2.05) is 57.2 Å². The highest BCUT2D eigenvalue weighted by Gasteiger charge is 2.25. The quantitative estimate of drug-likeness (QED) is 0.705. The van der Waals surface area contributed by atoms with Crippen LogP contribution >= 0.6 is 11.3 Å². The van der Waals surface area contributed by atoms with Crippen molar-refractivity contribution in [3.63, 3.8) is 0 Å². The highest BCUT2D eigenvalue weighted by Crippen LogP contribution is 2.34. The molecule has 1 N–H and O–H groups in total. The standard InChI is InChI=1S/C21H23N3O3S/c1-21(2,3)23-16(25)13-24(4)20(26)18-17(14-9-6-5-7-10-14)22-19(28-18)15-11-8-12-27-15/h5-12H,13H2,1-4H3,(H,23,25). The van der Waals surface area contributed by atoms with Crippen LogP contribution in [0, 0.1) is 0 Å². The van der Waals surface area contributed by atoms with Crippen LogP contribution in [0.15, 0.2) is 53.1 Å². The third-order valence-corrected chi connectivity index (χ3v) is 4.90. The Labute approximate surface area is 168 Å². The predicted octanol–water partition coefficient (Wildman–Crippen LogP) is 4.06. The zero-order chi connectivity index (χ0) is 20.3. The fourth-order valence-corrected chi connectivity index (χ4v) is 3.73. The van der Waals surface area contributed by atoms with Gasteiger partial charge in [0.15, 0.2) is 10.8 Å². The van der Waals surface area contributed by atoms with Crippen molar-refractivity contribution in [3.05, 3.63) is 53.6 Å². The van der Waals surface area contributed by atoms with Gasteiger partial charge in [0.25, 0.3) is 5.91 Å². The smallest absolute Gasteiger partial charge is 0.266 e. The number of aromatic nitrogens is 1. The first-order chi connectivity index (χ1) is 13.2. The number of hydrogen-bond donors (Lipinski definition) is 1. The fourth-order valence-electron chi connectivity index (χ4n) is 2.68. The summed E-state index contributed by atoms with van der Waals surface area (Å²) >= 11 is 1.26. The topological polar surface area (TPSA) is 75.4 Å². The van der Waals surface area contributed by atoms with E-state index in [1.54, 1.807) is 19.4 Å². The van der Waals surface area contributed by atoms with Gasteiger partial charge in [-0.15, -0.1) is 11.3 Å². The minimum Gasteiger partial charge on any atom is -0.462 e. The third kappa shape index (κ3) is 4.67. The van der Waals surface area contributed by atoms with Crippen molar-refractivity contribution < 1.29 is 14.0 Å². The summed E-state index contributed by atoms with van der Waals surface area (Å²) in [6.07, 6.45) is 1.57. The van der Waals surface area contributed by atoms with E-state index in [4.69, 9.17) is 4.42 Å². The summed E-state index contributed by atoms with van der Waals surface area (Å²) in [4.78, 5) is 31.9. The number of likely N-dealkylation sites (N-methyl/N-ethyl adjacent to an activating group) is 1. The van der Waals surface area contributed by atoms with Crippen LogP contribution in [-0.4, -0.2) is 40.8 Å². The summed E-state index contributed by atoms with van der Waals surface area (Å²) in [5.41, 5.74) is 1.07. The van der Waals surface area contributed by atoms with E-state index < -0.39 is 0 Å². The molecule has 0 saturated carbocycles. The van der Waals surface area contributed by atoms with Gasteiger partial charge in [-0.1, -0.05) is 30.3 Å². The molecule has 0 aliphatic heterocycles. The van der Waals surface area contributed by atoms with E-state index in [0.717, 1.165) is 5.56 Å². The van der Waals surface area contributed by atoms with Gasteiger partial charge < -0.3 is 14.6 Å². The number of nitrogens with zero attached hydrogens (tertiary/aromatic N) is 2. The van der Waals surface area contributed by atoms with E-state index >= 15 is 0 Å². The Bertz CT molecular complexity index is 957. The molecule has 6 nitrogen and oxygen atoms in total. The van der Waals surface area contributed by atoms with E-state index in [1.165, 1.54) is 16.2 Å². The number of thiazole rings is 1. The number of hydrogen-bond acceptors (Lipinski definition) is 5. The summed E-state index contributed by atoms with van der Waals surface area (Å²) in [7, 11) is 1.62. The zero-order valence-corrected chi connectivity index (χ0v) is 17.2. The highest BCUT2D eigenvalue weighted by molar-refractivity contribution is 7.17. The number of rotatable bonds is 5. The van der Waals surface area contributed by atoms with Crippen LogP contribution in [0.2, 0.25) is 0 Å². The van der Waals surface area contributed by atoms with Crippen LogP contribution in [0.25, 0.3) is 22.0 Å². The second kappa shape index (κ2) is 7.98. The second-order valence-corrected chi connectivity index (χ2v) is 8.50. The maximum absolute atomic E-state index is 13.1. The Hall–Kier alpha value is -2.93. The van der Waals surface area contributed by atoms with Gasteiger partial charge >= 0.3 is 0 Å². The molecule has 0 aliphatic rings. The predicted molar refractivity (Wildman–Crippen MR) is 110 cm³/mol. The zero-order valence-electron chi connectivity index (χ0n) is 16.4. The average molecular weight is 398 g/mol. The second-order valence-electron chi connectivity index (χ2n) is 7.50. The van der Waals surface area contributed by atoms with Gasteiger partial charge in [-0.25, -0.2) is 4.98 Å². The molecule has 0 radical (unpaired) electrons. The molecule has 2 heterocycles. The molecule has 7 heteroatoms. The molecule has 2 amide bonds. The summed E-state index contributed by atoms with van der Waals surface area (Å²) < 4.78 is 5.44. The lowest BCUT2D eigenvalue weighted by Gasteiger charge is -2.23. The molecule has 146 valence electrons. The maximum atomic E-state index is 13.1. The molecule has 1 aromatic carbocycles. The molecule has 2 aromatic heterocycles. The van der Waals surface area contributed by atoms with E-state index in [-0.39, 0.29) is 23.9 Å². The number of nitrogens with one attached hydrogen (secondary N) is 1. The molecule has 0 unspecified atom stereocenters. The van der Waals surface area contributed by atoms with Gasteiger partial charge in [-0.3, -0.25) is 9.59 Å². The minimum absolute atomic E-state index is 0.0294. The Balaban J connectivity index is 1.91. The summed E-state index contributed by atoms with van der Waals surface area (Å²) in [6, 6.07) is 13.1. The van der Waals surface area contributed by atoms with Crippen LogP contribution in [0.3, 0.4) is 0 Å². The molecule has 0 fully saturated rings. The fraction of sp³-hybridized carbons (Fsp3) is 0.286. The number of benzene rings is 1. The Morgan fingerprint density at radius 2 is 1.86 bits per heavy atom. The third-order valence-electron chi connectivity index (χ3n) is 3.84. The van der Waals surface area contributed by atoms with Crippen molar-refractivity contribution in [2.45, 2.75) is 26.3 Å². The maximum Gasteiger partial charge on any atom is 0.266 e. The van der Waals surface area contributed by atoms with Crippen molar-refractivity contribution in [2.24, 2.45) is 0 Å². The van der Waals surface area contributed by atoms with Crippen molar-refractivity contribution in [2.75, 3.05) is 13.6 Å². The Morgan fingerprint density at radius 1 is 1.14 bits per heavy atom. The molecular formula is C21H23N3O3S. The van der Waals surface area contributed by atoms with Crippen LogP contribution in [-0.2, 0) is 4.79 Å². The number of carbonyl (C=O) groups excluding carboxylic acids is 2. The summed E-state index contributed by atoms with van der Waals surface area (Å²) in [5.74, 6) is 0.146. The van der Waals surface area contributed by atoms with E-state index in [9.17, 15) is 9.59 Å². The van der Waals surface area contributed by atoms with E-state index in [0.29, 0.717) is 21.3 Å². The first-order valence-electron chi connectivity index (χ1n) is 8.91. The van der Waals surface area contributed by atoms with Crippen LogP contribution < -0.4 is 5.32 Å². The van der Waals surface area contributed by atoms with Crippen molar-refractivity contribution >= 4 is 23.2 Å². The molecule has 0 bridgehead atoms. The van der Waals surface area contributed by atoms with Gasteiger partial charge in [-0.2, -0.15) is 0 Å². The Kier molecular flexibility index (Phi) is 5.65. The lowest BCUT2D eigenvalue weighted by Crippen LogP contribution is -2.46. The van der Waals surface area contributed by atoms with Crippen LogP contribution in [0.1, 0.15) is 30.4 Å². The highest BCUT2D eigenvalue weighted by atomic mass is 32.1.